The number of fused-ring (bicyclic) bond motifs is 2. The second-order valence-electron chi connectivity index (χ2n) is 6.48. The minimum atomic E-state index is -0.804. The Balaban J connectivity index is 1.27. The Bertz CT molecular complexity index is 519. The van der Waals surface area contributed by atoms with E-state index in [0.717, 1.165) is 0 Å². The first-order chi connectivity index (χ1) is 12.5. The summed E-state index contributed by atoms with van der Waals surface area (Å²) >= 11 is 0. The van der Waals surface area contributed by atoms with E-state index < -0.39 is 17.3 Å². The summed E-state index contributed by atoms with van der Waals surface area (Å²) < 4.78 is 28.1. The molecule has 10 nitrogen and oxygen atoms in total. The molecule has 8 atom stereocenters. The molecular formula is C14H19NO9S2. The van der Waals surface area contributed by atoms with E-state index in [1.165, 1.54) is 6.92 Å². The highest BCUT2D eigenvalue weighted by Crippen LogP contribution is 2.45. The molecule has 0 amide bonds. The van der Waals surface area contributed by atoms with Gasteiger partial charge in [0.25, 0.3) is 5.09 Å². The molecule has 0 aromatic rings. The van der Waals surface area contributed by atoms with Crippen molar-refractivity contribution in [3.8, 4) is 0 Å². The normalized spacial score (nSPS) is 43.9. The number of nitrogens with zero attached hydrogens (tertiary/aromatic N) is 1. The van der Waals surface area contributed by atoms with Crippen molar-refractivity contribution in [2.24, 2.45) is 0 Å². The molecule has 0 aromatic carbocycles. The van der Waals surface area contributed by atoms with Gasteiger partial charge in [0, 0.05) is 6.92 Å². The summed E-state index contributed by atoms with van der Waals surface area (Å²) in [5.41, 5.74) is 0. The highest BCUT2D eigenvalue weighted by Gasteiger charge is 2.52. The Morgan fingerprint density at radius 3 is 1.96 bits per heavy atom. The highest BCUT2D eigenvalue weighted by atomic mass is 33.1. The molecule has 0 saturated carbocycles. The Kier molecular flexibility index (Phi) is 5.48. The van der Waals surface area contributed by atoms with Gasteiger partial charge in [-0.3, -0.25) is 4.79 Å². The molecule has 146 valence electrons. The zero-order valence-electron chi connectivity index (χ0n) is 13.9. The van der Waals surface area contributed by atoms with Gasteiger partial charge in [-0.25, -0.2) is 0 Å². The smallest absolute Gasteiger partial charge is 0.303 e. The van der Waals surface area contributed by atoms with Crippen LogP contribution in [0.15, 0.2) is 0 Å². The van der Waals surface area contributed by atoms with Gasteiger partial charge in [-0.15, -0.1) is 10.1 Å². The first-order valence-corrected chi connectivity index (χ1v) is 10.6. The van der Waals surface area contributed by atoms with Gasteiger partial charge in [-0.05, 0) is 0 Å². The fourth-order valence-electron chi connectivity index (χ4n) is 3.68. The fourth-order valence-corrected chi connectivity index (χ4v) is 6.77. The summed E-state index contributed by atoms with van der Waals surface area (Å²) in [4.78, 5) is 26.3. The van der Waals surface area contributed by atoms with E-state index in [1.54, 1.807) is 21.6 Å². The van der Waals surface area contributed by atoms with Crippen molar-refractivity contribution >= 4 is 27.6 Å². The van der Waals surface area contributed by atoms with Crippen LogP contribution < -0.4 is 0 Å². The minimum absolute atomic E-state index is 0.0510. The maximum absolute atomic E-state index is 11.1. The number of hydrogen-bond donors (Lipinski definition) is 0. The Morgan fingerprint density at radius 2 is 1.42 bits per heavy atom. The fraction of sp³-hybridized carbons (Fsp3) is 0.929. The minimum Gasteiger partial charge on any atom is -0.457 e. The van der Waals surface area contributed by atoms with E-state index in [2.05, 4.69) is 4.84 Å². The summed E-state index contributed by atoms with van der Waals surface area (Å²) in [5, 5.41) is 9.88. The van der Waals surface area contributed by atoms with Crippen LogP contribution >= 0.6 is 21.6 Å². The predicted molar refractivity (Wildman–Crippen MR) is 89.1 cm³/mol. The molecule has 0 aromatic heterocycles. The molecule has 12 heteroatoms. The van der Waals surface area contributed by atoms with Crippen LogP contribution in [0.3, 0.4) is 0 Å². The lowest BCUT2D eigenvalue weighted by Gasteiger charge is -2.19. The van der Waals surface area contributed by atoms with Crippen LogP contribution in [0.5, 0.6) is 0 Å². The molecule has 26 heavy (non-hydrogen) atoms. The van der Waals surface area contributed by atoms with Crippen molar-refractivity contribution in [3.05, 3.63) is 10.1 Å². The van der Waals surface area contributed by atoms with Gasteiger partial charge in [0.15, 0.2) is 12.2 Å². The molecule has 0 radical (unpaired) electrons. The molecule has 4 aliphatic rings. The summed E-state index contributed by atoms with van der Waals surface area (Å²) in [7, 11) is 3.25. The number of hydrogen-bond acceptors (Lipinski definition) is 11. The zero-order chi connectivity index (χ0) is 18.3. The van der Waals surface area contributed by atoms with Crippen molar-refractivity contribution in [1.29, 1.82) is 0 Å². The molecule has 4 heterocycles. The molecule has 4 saturated heterocycles. The van der Waals surface area contributed by atoms with E-state index in [0.29, 0.717) is 19.8 Å². The van der Waals surface area contributed by atoms with E-state index in [1.807, 2.05) is 0 Å². The highest BCUT2D eigenvalue weighted by molar-refractivity contribution is 8.77. The number of rotatable bonds is 6. The second kappa shape index (κ2) is 7.68. The van der Waals surface area contributed by atoms with Crippen LogP contribution in [0.25, 0.3) is 0 Å². The monoisotopic (exact) mass is 409 g/mol. The molecule has 8 unspecified atom stereocenters. The van der Waals surface area contributed by atoms with Crippen molar-refractivity contribution in [1.82, 2.24) is 0 Å². The van der Waals surface area contributed by atoms with E-state index in [-0.39, 0.29) is 47.5 Å². The lowest BCUT2D eigenvalue weighted by Crippen LogP contribution is -2.33. The number of carbonyl (C=O) groups excluding carboxylic acids is 1. The molecule has 4 rings (SSSR count). The van der Waals surface area contributed by atoms with Gasteiger partial charge in [0.1, 0.15) is 24.4 Å². The first-order valence-electron chi connectivity index (χ1n) is 8.30. The summed E-state index contributed by atoms with van der Waals surface area (Å²) in [6.07, 6.45) is -2.02. The molecule has 0 spiro atoms. The van der Waals surface area contributed by atoms with E-state index in [4.69, 9.17) is 23.7 Å². The van der Waals surface area contributed by atoms with E-state index >= 15 is 0 Å². The average Bonchev–Trinajstić information content (AvgIpc) is 3.30. The molecule has 0 aliphatic carbocycles. The SMILES string of the molecule is CC(=O)OC1COC2C(SSC3COC4C(O[N+](=O)[O-])COC34)COC12. The third kappa shape index (κ3) is 3.62. The van der Waals surface area contributed by atoms with Gasteiger partial charge < -0.3 is 28.5 Å². The third-order valence-electron chi connectivity index (χ3n) is 4.77. The maximum atomic E-state index is 11.1. The number of carbonyl (C=O) groups is 1. The van der Waals surface area contributed by atoms with Crippen molar-refractivity contribution in [3.63, 3.8) is 0 Å². The Morgan fingerprint density at radius 1 is 0.923 bits per heavy atom. The number of esters is 1. The van der Waals surface area contributed by atoms with Crippen molar-refractivity contribution < 1.29 is 38.4 Å². The molecule has 0 bridgehead atoms. The molecular weight excluding hydrogens is 390 g/mol. The zero-order valence-corrected chi connectivity index (χ0v) is 15.5. The van der Waals surface area contributed by atoms with Crippen LogP contribution in [0.2, 0.25) is 0 Å². The lowest BCUT2D eigenvalue weighted by molar-refractivity contribution is -0.769. The van der Waals surface area contributed by atoms with Gasteiger partial charge in [0.05, 0.1) is 36.9 Å². The predicted octanol–water partition coefficient (Wildman–Crippen LogP) is 0.209. The third-order valence-corrected chi connectivity index (χ3v) is 8.00. The number of ether oxygens (including phenoxy) is 5. The molecule has 4 fully saturated rings. The lowest BCUT2D eigenvalue weighted by atomic mass is 10.1. The van der Waals surface area contributed by atoms with Gasteiger partial charge >= 0.3 is 5.97 Å². The molecule has 0 N–H and O–H groups in total. The average molecular weight is 409 g/mol. The summed E-state index contributed by atoms with van der Waals surface area (Å²) in [5.74, 6) is -0.340. The Hall–Kier alpha value is -0.790. The second-order valence-corrected chi connectivity index (χ2v) is 9.23. The van der Waals surface area contributed by atoms with Crippen molar-refractivity contribution in [2.75, 3.05) is 26.4 Å². The quantitative estimate of drug-likeness (QED) is 0.259. The van der Waals surface area contributed by atoms with Gasteiger partial charge in [-0.1, -0.05) is 21.6 Å². The topological polar surface area (TPSA) is 116 Å². The van der Waals surface area contributed by atoms with Gasteiger partial charge in [-0.2, -0.15) is 0 Å². The maximum Gasteiger partial charge on any atom is 0.303 e. The van der Waals surface area contributed by atoms with E-state index in [9.17, 15) is 14.9 Å². The molecule has 4 aliphatic heterocycles. The largest absolute Gasteiger partial charge is 0.457 e. The summed E-state index contributed by atoms with van der Waals surface area (Å²) in [6, 6.07) is 0. The Labute approximate surface area is 157 Å². The van der Waals surface area contributed by atoms with Gasteiger partial charge in [0.2, 0.25) is 0 Å². The van der Waals surface area contributed by atoms with Crippen LogP contribution in [0, 0.1) is 10.1 Å². The standard InChI is InChI=1S/C14H19NO9S2/c1-6(16)23-7-2-19-13-9(4-21-11(7)13)25-26-10-5-22-12-8(24-15(17)18)3-20-14(10)12/h7-14H,2-5H2,1H3. The van der Waals surface area contributed by atoms with Crippen LogP contribution in [0.1, 0.15) is 6.92 Å². The van der Waals surface area contributed by atoms with Crippen LogP contribution in [-0.4, -0.2) is 84.6 Å². The van der Waals surface area contributed by atoms with Crippen molar-refractivity contribution in [2.45, 2.75) is 54.0 Å². The van der Waals surface area contributed by atoms with Crippen LogP contribution in [-0.2, 0) is 33.3 Å². The summed E-state index contributed by atoms with van der Waals surface area (Å²) in [6.45, 7) is 2.83. The van der Waals surface area contributed by atoms with Crippen LogP contribution in [0.4, 0.5) is 0 Å². The first kappa shape index (κ1) is 18.6.